The molecule has 0 aliphatic heterocycles. The smallest absolute Gasteiger partial charge is 0.243 e. The van der Waals surface area contributed by atoms with Crippen LogP contribution in [0.4, 0.5) is 0 Å². The van der Waals surface area contributed by atoms with Gasteiger partial charge in [-0.25, -0.2) is 0 Å². The lowest BCUT2D eigenvalue weighted by molar-refractivity contribution is -0.147. The normalized spacial score (nSPS) is 14.7. The maximum Gasteiger partial charge on any atom is 0.243 e. The van der Waals surface area contributed by atoms with E-state index in [4.69, 9.17) is 0 Å². The van der Waals surface area contributed by atoms with Gasteiger partial charge in [0.15, 0.2) is 11.9 Å². The van der Waals surface area contributed by atoms with Gasteiger partial charge in [0.05, 0.1) is 12.6 Å². The molecule has 0 saturated carbocycles. The van der Waals surface area contributed by atoms with Gasteiger partial charge in [-0.1, -0.05) is 34.6 Å². The summed E-state index contributed by atoms with van der Waals surface area (Å²) in [6.07, 6.45) is 2.89. The van der Waals surface area contributed by atoms with Gasteiger partial charge in [-0.3, -0.25) is 19.7 Å². The molecule has 0 spiro atoms. The van der Waals surface area contributed by atoms with Crippen LogP contribution in [0.3, 0.4) is 0 Å². The molecule has 0 rings (SSSR count). The van der Waals surface area contributed by atoms with E-state index in [0.29, 0.717) is 25.5 Å². The van der Waals surface area contributed by atoms with Gasteiger partial charge in [-0.05, 0) is 24.7 Å². The van der Waals surface area contributed by atoms with Crippen molar-refractivity contribution in [3.8, 4) is 0 Å². The minimum Gasteiger partial charge on any atom is -0.336 e. The fourth-order valence-electron chi connectivity index (χ4n) is 2.75. The van der Waals surface area contributed by atoms with E-state index >= 15 is 0 Å². The number of amides is 2. The minimum atomic E-state index is -1.30. The Labute approximate surface area is 157 Å². The molecular weight excluding hydrogens is 334 g/mol. The van der Waals surface area contributed by atoms with Gasteiger partial charge in [0.25, 0.3) is 0 Å². The number of carbonyl (C=O) groups is 4. The van der Waals surface area contributed by atoms with E-state index in [9.17, 15) is 19.2 Å². The highest BCUT2D eigenvalue weighted by Gasteiger charge is 2.40. The molecule has 0 aromatic heterocycles. The third kappa shape index (κ3) is 6.86. The number of nitrogens with one attached hydrogen (secondary N) is 1. The molecule has 2 atom stereocenters. The fourth-order valence-corrected chi connectivity index (χ4v) is 2.75. The molecule has 0 aromatic rings. The average molecular weight is 370 g/mol. The highest BCUT2D eigenvalue weighted by atomic mass is 16.2. The Morgan fingerprint density at radius 3 is 2.04 bits per heavy atom. The SMILES string of the molecule is CCCC(=O)N(C)CC(=O)N(C)[C@](C=O)(CC(C)C)N[C@@H](C=O)C(C)C. The summed E-state index contributed by atoms with van der Waals surface area (Å²) in [7, 11) is 3.11. The van der Waals surface area contributed by atoms with Gasteiger partial charge in [-0.15, -0.1) is 0 Å². The summed E-state index contributed by atoms with van der Waals surface area (Å²) < 4.78 is 0. The molecule has 0 saturated heterocycles. The lowest BCUT2D eigenvalue weighted by Crippen LogP contribution is -2.65. The van der Waals surface area contributed by atoms with Crippen LogP contribution >= 0.6 is 0 Å². The number of carbonyl (C=O) groups excluding carboxylic acids is 4. The Kier molecular flexibility index (Phi) is 10.3. The molecule has 7 heteroatoms. The Morgan fingerprint density at radius 1 is 1.08 bits per heavy atom. The molecule has 0 aliphatic rings. The van der Waals surface area contributed by atoms with Crippen LogP contribution < -0.4 is 5.32 Å². The highest BCUT2D eigenvalue weighted by Crippen LogP contribution is 2.21. The topological polar surface area (TPSA) is 86.8 Å². The van der Waals surface area contributed by atoms with E-state index in [1.54, 1.807) is 7.05 Å². The van der Waals surface area contributed by atoms with Crippen molar-refractivity contribution in [1.29, 1.82) is 0 Å². The summed E-state index contributed by atoms with van der Waals surface area (Å²) in [5, 5.41) is 3.07. The lowest BCUT2D eigenvalue weighted by Gasteiger charge is -2.42. The standard InChI is InChI=1S/C19H35N3O4/c1-8-9-17(25)21(6)11-18(26)22(7)19(13-24,10-14(2)3)20-16(12-23)15(4)5/h12-16,20H,8-11H2,1-7H3/t16-,19-/m0/s1. The molecule has 1 N–H and O–H groups in total. The second kappa shape index (κ2) is 11.1. The summed E-state index contributed by atoms with van der Waals surface area (Å²) >= 11 is 0. The number of nitrogens with zero attached hydrogens (tertiary/aromatic N) is 2. The zero-order chi connectivity index (χ0) is 20.5. The first-order chi connectivity index (χ1) is 12.0. The number of aldehydes is 2. The van der Waals surface area contributed by atoms with Crippen molar-refractivity contribution < 1.29 is 19.2 Å². The highest BCUT2D eigenvalue weighted by molar-refractivity contribution is 5.87. The number of rotatable bonds is 12. The van der Waals surface area contributed by atoms with Crippen LogP contribution in [-0.2, 0) is 19.2 Å². The molecule has 7 nitrogen and oxygen atoms in total. The molecule has 0 aromatic carbocycles. The first-order valence-electron chi connectivity index (χ1n) is 9.24. The zero-order valence-corrected chi connectivity index (χ0v) is 17.2. The predicted octanol–water partition coefficient (Wildman–Crippen LogP) is 1.46. The van der Waals surface area contributed by atoms with Crippen LogP contribution in [0.1, 0.15) is 53.9 Å². The lowest BCUT2D eigenvalue weighted by atomic mass is 9.93. The van der Waals surface area contributed by atoms with Crippen molar-refractivity contribution in [1.82, 2.24) is 15.1 Å². The zero-order valence-electron chi connectivity index (χ0n) is 17.2. The maximum atomic E-state index is 12.7. The van der Waals surface area contributed by atoms with E-state index in [2.05, 4.69) is 5.32 Å². The van der Waals surface area contributed by atoms with E-state index in [1.807, 2.05) is 34.6 Å². The Hall–Kier alpha value is -1.76. The third-order valence-electron chi connectivity index (χ3n) is 4.43. The Morgan fingerprint density at radius 2 is 1.65 bits per heavy atom. The Balaban J connectivity index is 5.52. The average Bonchev–Trinajstić information content (AvgIpc) is 2.57. The number of likely N-dealkylation sites (N-methyl/N-ethyl adjacent to an activating group) is 2. The monoisotopic (exact) mass is 369 g/mol. The van der Waals surface area contributed by atoms with Gasteiger partial charge in [0, 0.05) is 20.5 Å². The van der Waals surface area contributed by atoms with Crippen molar-refractivity contribution in [2.24, 2.45) is 11.8 Å². The number of hydrogen-bond donors (Lipinski definition) is 1. The van der Waals surface area contributed by atoms with Crippen molar-refractivity contribution >= 4 is 24.4 Å². The van der Waals surface area contributed by atoms with Gasteiger partial charge in [0.2, 0.25) is 11.8 Å². The molecule has 26 heavy (non-hydrogen) atoms. The second-order valence-electron chi connectivity index (χ2n) is 7.64. The minimum absolute atomic E-state index is 0.0312. The van der Waals surface area contributed by atoms with Crippen molar-refractivity contribution in [3.63, 3.8) is 0 Å². The molecule has 0 fully saturated rings. The molecule has 0 bridgehead atoms. The molecule has 150 valence electrons. The van der Waals surface area contributed by atoms with Gasteiger partial charge in [0.1, 0.15) is 6.29 Å². The van der Waals surface area contributed by atoms with E-state index in [0.717, 1.165) is 6.29 Å². The van der Waals surface area contributed by atoms with Crippen LogP contribution in [0, 0.1) is 11.8 Å². The first-order valence-corrected chi connectivity index (χ1v) is 9.24. The summed E-state index contributed by atoms with van der Waals surface area (Å²) in [4.78, 5) is 50.8. The van der Waals surface area contributed by atoms with E-state index in [1.165, 1.54) is 16.8 Å². The van der Waals surface area contributed by atoms with Crippen LogP contribution in [0.2, 0.25) is 0 Å². The number of hydrogen-bond acceptors (Lipinski definition) is 5. The summed E-state index contributed by atoms with van der Waals surface area (Å²) in [5.41, 5.74) is -1.30. The van der Waals surface area contributed by atoms with Gasteiger partial charge >= 0.3 is 0 Å². The fraction of sp³-hybridized carbons (Fsp3) is 0.789. The first kappa shape index (κ1) is 24.2. The van der Waals surface area contributed by atoms with E-state index < -0.39 is 11.7 Å². The quantitative estimate of drug-likeness (QED) is 0.416. The van der Waals surface area contributed by atoms with Crippen LogP contribution in [0.25, 0.3) is 0 Å². The van der Waals surface area contributed by atoms with Crippen LogP contribution in [0.5, 0.6) is 0 Å². The molecular formula is C19H35N3O4. The van der Waals surface area contributed by atoms with E-state index in [-0.39, 0.29) is 30.2 Å². The van der Waals surface area contributed by atoms with Crippen molar-refractivity contribution in [3.05, 3.63) is 0 Å². The second-order valence-corrected chi connectivity index (χ2v) is 7.64. The molecule has 0 heterocycles. The van der Waals surface area contributed by atoms with Crippen molar-refractivity contribution in [2.45, 2.75) is 65.6 Å². The molecule has 0 aliphatic carbocycles. The Bertz CT molecular complexity index is 493. The van der Waals surface area contributed by atoms with Crippen LogP contribution in [-0.4, -0.2) is 66.5 Å². The predicted molar refractivity (Wildman–Crippen MR) is 101 cm³/mol. The summed E-state index contributed by atoms with van der Waals surface area (Å²) in [6, 6.07) is -0.561. The molecule has 0 unspecified atom stereocenters. The third-order valence-corrected chi connectivity index (χ3v) is 4.43. The van der Waals surface area contributed by atoms with Crippen LogP contribution in [0.15, 0.2) is 0 Å². The van der Waals surface area contributed by atoms with Gasteiger partial charge < -0.3 is 14.6 Å². The maximum absolute atomic E-state index is 12.7. The summed E-state index contributed by atoms with van der Waals surface area (Å²) in [5.74, 6) is -0.389. The van der Waals surface area contributed by atoms with Crippen molar-refractivity contribution in [2.75, 3.05) is 20.6 Å². The molecule has 0 radical (unpaired) electrons. The largest absolute Gasteiger partial charge is 0.336 e. The molecule has 2 amide bonds. The van der Waals surface area contributed by atoms with Gasteiger partial charge in [-0.2, -0.15) is 0 Å². The summed E-state index contributed by atoms with van der Waals surface area (Å²) in [6.45, 7) is 9.42.